The Morgan fingerprint density at radius 1 is 1.57 bits per heavy atom. The molecule has 0 bridgehead atoms. The third kappa shape index (κ3) is 3.12. The molecule has 0 aliphatic carbocycles. The zero-order valence-corrected chi connectivity index (χ0v) is 8.62. The van der Waals surface area contributed by atoms with Gasteiger partial charge in [-0.05, 0) is 12.5 Å². The lowest BCUT2D eigenvalue weighted by molar-refractivity contribution is -0.136. The molecule has 0 N–H and O–H groups in total. The highest BCUT2D eigenvalue weighted by Gasteiger charge is 2.18. The second kappa shape index (κ2) is 5.78. The van der Waals surface area contributed by atoms with Crippen LogP contribution in [-0.2, 0) is 19.0 Å². The highest BCUT2D eigenvalue weighted by Crippen LogP contribution is 2.07. The van der Waals surface area contributed by atoms with Crippen molar-refractivity contribution in [1.82, 2.24) is 0 Å². The Balaban J connectivity index is 2.27. The lowest BCUT2D eigenvalue weighted by Crippen LogP contribution is -2.36. The summed E-state index contributed by atoms with van der Waals surface area (Å²) in [6.45, 7) is 3.68. The Bertz CT molecular complexity index is 218. The molecule has 4 heteroatoms. The van der Waals surface area contributed by atoms with E-state index in [2.05, 4.69) is 4.74 Å². The standard InChI is InChI=1S/C10H16O4/c1-3-8(10(11)12-2)4-5-14-9-6-13-7-9/h4,9H,3,5-7H2,1-2H3. The first-order valence-electron chi connectivity index (χ1n) is 4.74. The van der Waals surface area contributed by atoms with Gasteiger partial charge in [0.05, 0.1) is 26.9 Å². The molecule has 0 spiro atoms. The number of esters is 1. The van der Waals surface area contributed by atoms with Gasteiger partial charge in [-0.25, -0.2) is 4.79 Å². The van der Waals surface area contributed by atoms with Gasteiger partial charge in [0.15, 0.2) is 0 Å². The summed E-state index contributed by atoms with van der Waals surface area (Å²) in [6, 6.07) is 0. The lowest BCUT2D eigenvalue weighted by Gasteiger charge is -2.25. The van der Waals surface area contributed by atoms with E-state index in [1.165, 1.54) is 7.11 Å². The summed E-state index contributed by atoms with van der Waals surface area (Å²) in [5.74, 6) is -0.277. The van der Waals surface area contributed by atoms with Crippen molar-refractivity contribution in [3.8, 4) is 0 Å². The minimum Gasteiger partial charge on any atom is -0.466 e. The number of carbonyl (C=O) groups is 1. The third-order valence-corrected chi connectivity index (χ3v) is 2.10. The summed E-state index contributed by atoms with van der Waals surface area (Å²) in [5.41, 5.74) is 0.660. The number of hydrogen-bond donors (Lipinski definition) is 0. The molecular formula is C10H16O4. The monoisotopic (exact) mass is 200 g/mol. The predicted octanol–water partition coefficient (Wildman–Crippen LogP) is 0.911. The van der Waals surface area contributed by atoms with E-state index < -0.39 is 0 Å². The fraction of sp³-hybridized carbons (Fsp3) is 0.700. The van der Waals surface area contributed by atoms with Gasteiger partial charge in [0.1, 0.15) is 6.10 Å². The highest BCUT2D eigenvalue weighted by molar-refractivity contribution is 5.88. The number of hydrogen-bond acceptors (Lipinski definition) is 4. The van der Waals surface area contributed by atoms with Crippen molar-refractivity contribution in [3.63, 3.8) is 0 Å². The zero-order chi connectivity index (χ0) is 10.4. The summed E-state index contributed by atoms with van der Waals surface area (Å²) in [7, 11) is 1.38. The van der Waals surface area contributed by atoms with Crippen molar-refractivity contribution in [1.29, 1.82) is 0 Å². The maximum absolute atomic E-state index is 11.1. The van der Waals surface area contributed by atoms with Crippen molar-refractivity contribution >= 4 is 5.97 Å². The summed E-state index contributed by atoms with van der Waals surface area (Å²) in [6.07, 6.45) is 2.63. The predicted molar refractivity (Wildman–Crippen MR) is 50.9 cm³/mol. The van der Waals surface area contributed by atoms with Gasteiger partial charge in [-0.3, -0.25) is 0 Å². The lowest BCUT2D eigenvalue weighted by atomic mass is 10.2. The van der Waals surface area contributed by atoms with Gasteiger partial charge in [-0.1, -0.05) is 6.92 Å². The van der Waals surface area contributed by atoms with E-state index in [9.17, 15) is 4.79 Å². The molecule has 4 nitrogen and oxygen atoms in total. The summed E-state index contributed by atoms with van der Waals surface area (Å²) < 4.78 is 15.0. The molecule has 1 aliphatic heterocycles. The van der Waals surface area contributed by atoms with E-state index in [1.54, 1.807) is 6.08 Å². The van der Waals surface area contributed by atoms with E-state index in [1.807, 2.05) is 6.92 Å². The Morgan fingerprint density at radius 2 is 2.29 bits per heavy atom. The van der Waals surface area contributed by atoms with Crippen LogP contribution in [0.3, 0.4) is 0 Å². The van der Waals surface area contributed by atoms with Crippen LogP contribution in [-0.4, -0.2) is 39.0 Å². The zero-order valence-electron chi connectivity index (χ0n) is 8.62. The highest BCUT2D eigenvalue weighted by atomic mass is 16.6. The summed E-state index contributed by atoms with van der Waals surface area (Å²) in [4.78, 5) is 11.1. The van der Waals surface area contributed by atoms with Gasteiger partial charge in [-0.15, -0.1) is 0 Å². The van der Waals surface area contributed by atoms with Gasteiger partial charge in [0.25, 0.3) is 0 Å². The maximum Gasteiger partial charge on any atom is 0.333 e. The van der Waals surface area contributed by atoms with Crippen LogP contribution in [0.2, 0.25) is 0 Å². The van der Waals surface area contributed by atoms with Gasteiger partial charge in [0.2, 0.25) is 0 Å². The smallest absolute Gasteiger partial charge is 0.333 e. The first kappa shape index (κ1) is 11.2. The van der Waals surface area contributed by atoms with Gasteiger partial charge in [0, 0.05) is 5.57 Å². The molecule has 0 radical (unpaired) electrons. The molecule has 1 rings (SSSR count). The van der Waals surface area contributed by atoms with Gasteiger partial charge in [-0.2, -0.15) is 0 Å². The molecule has 0 saturated carbocycles. The van der Waals surface area contributed by atoms with Crippen LogP contribution in [0.15, 0.2) is 11.6 Å². The molecule has 1 heterocycles. The van der Waals surface area contributed by atoms with Gasteiger partial charge >= 0.3 is 5.97 Å². The summed E-state index contributed by atoms with van der Waals surface area (Å²) >= 11 is 0. The van der Waals surface area contributed by atoms with Crippen LogP contribution in [0, 0.1) is 0 Å². The molecule has 0 aromatic rings. The Kier molecular flexibility index (Phi) is 4.62. The van der Waals surface area contributed by atoms with E-state index in [0.29, 0.717) is 31.8 Å². The molecule has 0 aromatic heterocycles. The molecule has 80 valence electrons. The summed E-state index contributed by atoms with van der Waals surface area (Å²) in [5, 5.41) is 0. The van der Waals surface area contributed by atoms with Crippen molar-refractivity contribution in [2.45, 2.75) is 19.4 Å². The number of methoxy groups -OCH3 is 1. The molecular weight excluding hydrogens is 184 g/mol. The van der Waals surface area contributed by atoms with Crippen molar-refractivity contribution in [2.24, 2.45) is 0 Å². The Hall–Kier alpha value is -0.870. The first-order chi connectivity index (χ1) is 6.77. The molecule has 0 atom stereocenters. The van der Waals surface area contributed by atoms with Crippen LogP contribution < -0.4 is 0 Å². The minimum absolute atomic E-state index is 0.196. The maximum atomic E-state index is 11.1. The topological polar surface area (TPSA) is 44.8 Å². The molecule has 1 aliphatic rings. The first-order valence-corrected chi connectivity index (χ1v) is 4.74. The van der Waals surface area contributed by atoms with Crippen LogP contribution in [0.1, 0.15) is 13.3 Å². The fourth-order valence-electron chi connectivity index (χ4n) is 1.10. The molecule has 1 fully saturated rings. The average molecular weight is 200 g/mol. The number of carbonyl (C=O) groups excluding carboxylic acids is 1. The second-order valence-electron chi connectivity index (χ2n) is 3.07. The quantitative estimate of drug-likeness (QED) is 0.489. The van der Waals surface area contributed by atoms with E-state index in [-0.39, 0.29) is 12.1 Å². The fourth-order valence-corrected chi connectivity index (χ4v) is 1.10. The van der Waals surface area contributed by atoms with Gasteiger partial charge < -0.3 is 14.2 Å². The largest absolute Gasteiger partial charge is 0.466 e. The van der Waals surface area contributed by atoms with Crippen molar-refractivity contribution in [2.75, 3.05) is 26.9 Å². The minimum atomic E-state index is -0.277. The normalized spacial score (nSPS) is 17.7. The molecule has 14 heavy (non-hydrogen) atoms. The van der Waals surface area contributed by atoms with E-state index in [4.69, 9.17) is 9.47 Å². The molecule has 0 unspecified atom stereocenters. The number of ether oxygens (including phenoxy) is 3. The van der Waals surface area contributed by atoms with Crippen LogP contribution >= 0.6 is 0 Å². The van der Waals surface area contributed by atoms with Crippen LogP contribution in [0.4, 0.5) is 0 Å². The number of rotatable bonds is 5. The van der Waals surface area contributed by atoms with Crippen molar-refractivity contribution < 1.29 is 19.0 Å². The SMILES string of the molecule is CCC(=CCOC1COC1)C(=O)OC. The average Bonchev–Trinajstić information content (AvgIpc) is 2.14. The molecule has 0 amide bonds. The Morgan fingerprint density at radius 3 is 2.71 bits per heavy atom. The van der Waals surface area contributed by atoms with Crippen LogP contribution in [0.25, 0.3) is 0 Å². The van der Waals surface area contributed by atoms with Crippen molar-refractivity contribution in [3.05, 3.63) is 11.6 Å². The second-order valence-corrected chi connectivity index (χ2v) is 3.07. The third-order valence-electron chi connectivity index (χ3n) is 2.10. The molecule has 0 aromatic carbocycles. The Labute approximate surface area is 83.8 Å². The van der Waals surface area contributed by atoms with E-state index >= 15 is 0 Å². The van der Waals surface area contributed by atoms with Crippen LogP contribution in [0.5, 0.6) is 0 Å². The van der Waals surface area contributed by atoms with E-state index in [0.717, 1.165) is 0 Å². The molecule has 1 saturated heterocycles.